The van der Waals surface area contributed by atoms with E-state index in [2.05, 4.69) is 38.7 Å². The van der Waals surface area contributed by atoms with Crippen LogP contribution < -0.4 is 0 Å². The van der Waals surface area contributed by atoms with E-state index in [4.69, 9.17) is 5.26 Å². The molecular formula is C11H20N2. The topological polar surface area (TPSA) is 27.0 Å². The third kappa shape index (κ3) is 2.22. The highest BCUT2D eigenvalue weighted by atomic mass is 15.2. The van der Waals surface area contributed by atoms with Gasteiger partial charge < -0.3 is 0 Å². The fourth-order valence-electron chi connectivity index (χ4n) is 1.86. The van der Waals surface area contributed by atoms with Crippen molar-refractivity contribution in [3.05, 3.63) is 0 Å². The predicted octanol–water partition coefficient (Wildman–Crippen LogP) is 2.27. The molecule has 1 heterocycles. The Morgan fingerprint density at radius 1 is 1.38 bits per heavy atom. The SMILES string of the molecule is CC(C)C(C)N1CCC(C)(C#N)C1. The second kappa shape index (κ2) is 3.67. The van der Waals surface area contributed by atoms with Crippen LogP contribution in [0.1, 0.15) is 34.1 Å². The van der Waals surface area contributed by atoms with Gasteiger partial charge in [-0.2, -0.15) is 5.26 Å². The molecule has 1 aliphatic rings. The molecule has 13 heavy (non-hydrogen) atoms. The van der Waals surface area contributed by atoms with Gasteiger partial charge in [-0.3, -0.25) is 4.90 Å². The summed E-state index contributed by atoms with van der Waals surface area (Å²) in [5.41, 5.74) is -0.0941. The largest absolute Gasteiger partial charge is 0.299 e. The summed E-state index contributed by atoms with van der Waals surface area (Å²) in [5.74, 6) is 0.682. The average molecular weight is 180 g/mol. The molecule has 0 N–H and O–H groups in total. The number of nitrogens with zero attached hydrogens (tertiary/aromatic N) is 2. The van der Waals surface area contributed by atoms with Crippen molar-refractivity contribution in [2.24, 2.45) is 11.3 Å². The van der Waals surface area contributed by atoms with E-state index >= 15 is 0 Å². The molecule has 0 aliphatic carbocycles. The highest BCUT2D eigenvalue weighted by molar-refractivity contribution is 5.02. The lowest BCUT2D eigenvalue weighted by molar-refractivity contribution is 0.195. The Labute approximate surface area is 81.5 Å². The van der Waals surface area contributed by atoms with Gasteiger partial charge in [0.05, 0.1) is 11.5 Å². The van der Waals surface area contributed by atoms with E-state index < -0.39 is 0 Å². The molecule has 1 saturated heterocycles. The predicted molar refractivity (Wildman–Crippen MR) is 54.2 cm³/mol. The van der Waals surface area contributed by atoms with Gasteiger partial charge in [0.1, 0.15) is 0 Å². The summed E-state index contributed by atoms with van der Waals surface area (Å²) < 4.78 is 0. The molecule has 0 aromatic carbocycles. The van der Waals surface area contributed by atoms with Gasteiger partial charge in [0.25, 0.3) is 0 Å². The van der Waals surface area contributed by atoms with Crippen molar-refractivity contribution in [3.63, 3.8) is 0 Å². The zero-order valence-electron chi connectivity index (χ0n) is 9.17. The highest BCUT2D eigenvalue weighted by Crippen LogP contribution is 2.31. The third-order valence-corrected chi connectivity index (χ3v) is 3.31. The molecule has 2 heteroatoms. The van der Waals surface area contributed by atoms with Crippen molar-refractivity contribution >= 4 is 0 Å². The van der Waals surface area contributed by atoms with E-state index in [1.165, 1.54) is 0 Å². The summed E-state index contributed by atoms with van der Waals surface area (Å²) in [6, 6.07) is 3.03. The van der Waals surface area contributed by atoms with Crippen molar-refractivity contribution in [3.8, 4) is 6.07 Å². The summed E-state index contributed by atoms with van der Waals surface area (Å²) in [7, 11) is 0. The first-order valence-electron chi connectivity index (χ1n) is 5.14. The maximum atomic E-state index is 8.99. The summed E-state index contributed by atoms with van der Waals surface area (Å²) in [4.78, 5) is 2.44. The third-order valence-electron chi connectivity index (χ3n) is 3.31. The molecule has 2 nitrogen and oxygen atoms in total. The van der Waals surface area contributed by atoms with Crippen molar-refractivity contribution in [1.82, 2.24) is 4.90 Å². The van der Waals surface area contributed by atoms with Crippen molar-refractivity contribution in [1.29, 1.82) is 5.26 Å². The fourth-order valence-corrected chi connectivity index (χ4v) is 1.86. The van der Waals surface area contributed by atoms with Crippen LogP contribution in [-0.2, 0) is 0 Å². The smallest absolute Gasteiger partial charge is 0.0700 e. The lowest BCUT2D eigenvalue weighted by Gasteiger charge is -2.28. The van der Waals surface area contributed by atoms with Crippen molar-refractivity contribution < 1.29 is 0 Å². The van der Waals surface area contributed by atoms with Crippen LogP contribution in [0.2, 0.25) is 0 Å². The maximum Gasteiger partial charge on any atom is 0.0700 e. The minimum Gasteiger partial charge on any atom is -0.299 e. The molecule has 0 bridgehead atoms. The molecule has 0 aromatic rings. The van der Waals surface area contributed by atoms with Gasteiger partial charge in [0.2, 0.25) is 0 Å². The van der Waals surface area contributed by atoms with Crippen molar-refractivity contribution in [2.45, 2.75) is 40.2 Å². The maximum absolute atomic E-state index is 8.99. The molecule has 74 valence electrons. The van der Waals surface area contributed by atoms with Crippen LogP contribution in [0.3, 0.4) is 0 Å². The molecule has 1 aliphatic heterocycles. The molecule has 2 atom stereocenters. The summed E-state index contributed by atoms with van der Waals surface area (Å²) >= 11 is 0. The van der Waals surface area contributed by atoms with E-state index in [0.29, 0.717) is 12.0 Å². The van der Waals surface area contributed by atoms with Crippen LogP contribution in [0.5, 0.6) is 0 Å². The number of hydrogen-bond acceptors (Lipinski definition) is 2. The summed E-state index contributed by atoms with van der Waals surface area (Å²) in [5, 5.41) is 8.99. The van der Waals surface area contributed by atoms with Crippen LogP contribution in [0.4, 0.5) is 0 Å². The number of likely N-dealkylation sites (tertiary alicyclic amines) is 1. The van der Waals surface area contributed by atoms with Crippen LogP contribution >= 0.6 is 0 Å². The minimum absolute atomic E-state index is 0.0941. The molecule has 1 rings (SSSR count). The normalized spacial score (nSPS) is 32.0. The first-order chi connectivity index (χ1) is 5.98. The number of nitriles is 1. The Morgan fingerprint density at radius 3 is 2.38 bits per heavy atom. The Morgan fingerprint density at radius 2 is 2.00 bits per heavy atom. The Hall–Kier alpha value is -0.550. The lowest BCUT2D eigenvalue weighted by Crippen LogP contribution is -2.36. The molecule has 0 amide bonds. The number of hydrogen-bond donors (Lipinski definition) is 0. The first kappa shape index (κ1) is 10.5. The fraction of sp³-hybridized carbons (Fsp3) is 0.909. The monoisotopic (exact) mass is 180 g/mol. The average Bonchev–Trinajstić information content (AvgIpc) is 2.47. The van der Waals surface area contributed by atoms with Crippen LogP contribution in [0.15, 0.2) is 0 Å². The first-order valence-corrected chi connectivity index (χ1v) is 5.14. The number of rotatable bonds is 2. The van der Waals surface area contributed by atoms with E-state index in [9.17, 15) is 0 Å². The second-order valence-electron chi connectivity index (χ2n) is 4.88. The zero-order chi connectivity index (χ0) is 10.1. The molecule has 0 radical (unpaired) electrons. The minimum atomic E-state index is -0.0941. The zero-order valence-corrected chi connectivity index (χ0v) is 9.17. The second-order valence-corrected chi connectivity index (χ2v) is 4.88. The van der Waals surface area contributed by atoms with E-state index in [0.717, 1.165) is 19.5 Å². The van der Waals surface area contributed by atoms with Gasteiger partial charge in [-0.15, -0.1) is 0 Å². The van der Waals surface area contributed by atoms with Crippen LogP contribution in [0.25, 0.3) is 0 Å². The molecule has 1 fully saturated rings. The highest BCUT2D eigenvalue weighted by Gasteiger charge is 2.36. The van der Waals surface area contributed by atoms with Gasteiger partial charge >= 0.3 is 0 Å². The van der Waals surface area contributed by atoms with E-state index in [1.807, 2.05) is 0 Å². The van der Waals surface area contributed by atoms with Gasteiger partial charge in [-0.05, 0) is 26.2 Å². The van der Waals surface area contributed by atoms with E-state index in [1.54, 1.807) is 0 Å². The van der Waals surface area contributed by atoms with Crippen LogP contribution in [-0.4, -0.2) is 24.0 Å². The Balaban J connectivity index is 2.56. The molecular weight excluding hydrogens is 160 g/mol. The van der Waals surface area contributed by atoms with Gasteiger partial charge in [-0.25, -0.2) is 0 Å². The van der Waals surface area contributed by atoms with Gasteiger partial charge in [0, 0.05) is 19.1 Å². The van der Waals surface area contributed by atoms with Gasteiger partial charge in [-0.1, -0.05) is 13.8 Å². The molecule has 0 aromatic heterocycles. The van der Waals surface area contributed by atoms with Crippen LogP contribution in [0, 0.1) is 22.7 Å². The lowest BCUT2D eigenvalue weighted by atomic mass is 9.92. The molecule has 0 spiro atoms. The van der Waals surface area contributed by atoms with Crippen molar-refractivity contribution in [2.75, 3.05) is 13.1 Å². The summed E-state index contributed by atoms with van der Waals surface area (Å²) in [6.45, 7) is 10.8. The molecule has 2 unspecified atom stereocenters. The summed E-state index contributed by atoms with van der Waals surface area (Å²) in [6.07, 6.45) is 1.03. The van der Waals surface area contributed by atoms with E-state index in [-0.39, 0.29) is 5.41 Å². The molecule has 0 saturated carbocycles. The Kier molecular flexibility index (Phi) is 2.98. The standard InChI is InChI=1S/C11H20N2/c1-9(2)10(3)13-6-5-11(4,7-12)8-13/h9-10H,5-6,8H2,1-4H3. The quantitative estimate of drug-likeness (QED) is 0.652. The Bertz CT molecular complexity index is 217. The van der Waals surface area contributed by atoms with Gasteiger partial charge in [0.15, 0.2) is 0 Å².